The summed E-state index contributed by atoms with van der Waals surface area (Å²) >= 11 is 0. The van der Waals surface area contributed by atoms with Gasteiger partial charge in [0.15, 0.2) is 5.96 Å². The number of rotatable bonds is 5. The van der Waals surface area contributed by atoms with Gasteiger partial charge in [-0.2, -0.15) is 0 Å². The summed E-state index contributed by atoms with van der Waals surface area (Å²) in [5.41, 5.74) is 4.77. The van der Waals surface area contributed by atoms with Crippen LogP contribution in [-0.2, 0) is 0 Å². The summed E-state index contributed by atoms with van der Waals surface area (Å²) in [6, 6.07) is 0. The van der Waals surface area contributed by atoms with Gasteiger partial charge in [-0.15, -0.1) is 0 Å². The zero-order valence-electron chi connectivity index (χ0n) is 9.12. The van der Waals surface area contributed by atoms with E-state index in [2.05, 4.69) is 10.3 Å². The van der Waals surface area contributed by atoms with Gasteiger partial charge < -0.3 is 21.3 Å². The van der Waals surface area contributed by atoms with Crippen LogP contribution in [0.1, 0.15) is 20.8 Å². The number of nitrogens with two attached hydrogens (primary N) is 1. The van der Waals surface area contributed by atoms with E-state index in [0.29, 0.717) is 12.5 Å². The first kappa shape index (κ1) is 13.2. The van der Waals surface area contributed by atoms with Crippen molar-refractivity contribution in [2.75, 3.05) is 19.8 Å². The zero-order chi connectivity index (χ0) is 11.2. The van der Waals surface area contributed by atoms with E-state index < -0.39 is 5.54 Å². The minimum atomic E-state index is -0.801. The Morgan fingerprint density at radius 3 is 2.29 bits per heavy atom. The normalized spacial score (nSPS) is 13.4. The summed E-state index contributed by atoms with van der Waals surface area (Å²) in [6.45, 7) is 5.99. The lowest BCUT2D eigenvalue weighted by molar-refractivity contribution is 0.119. The number of nitrogens with zero attached hydrogens (tertiary/aromatic N) is 1. The topological polar surface area (TPSA) is 90.9 Å². The summed E-state index contributed by atoms with van der Waals surface area (Å²) in [5, 5.41) is 20.7. The van der Waals surface area contributed by atoms with E-state index in [1.54, 1.807) is 6.92 Å². The first-order chi connectivity index (χ1) is 6.43. The maximum atomic E-state index is 8.98. The standard InChI is InChI=1S/C9H21N3O2/c1-7(2)4-11-8(10)12-9(3,5-13)6-14/h7,13-14H,4-6H2,1-3H3,(H3,10,11,12). The number of hydrogen-bond donors (Lipinski definition) is 4. The quantitative estimate of drug-likeness (QED) is 0.351. The molecule has 14 heavy (non-hydrogen) atoms. The molecule has 0 atom stereocenters. The molecule has 0 aliphatic heterocycles. The first-order valence-electron chi connectivity index (χ1n) is 4.73. The summed E-state index contributed by atoms with van der Waals surface area (Å²) in [6.07, 6.45) is 0. The number of guanidine groups is 1. The summed E-state index contributed by atoms with van der Waals surface area (Å²) in [5.74, 6) is 0.689. The Kier molecular flexibility index (Phi) is 5.49. The highest BCUT2D eigenvalue weighted by atomic mass is 16.3. The van der Waals surface area contributed by atoms with Crippen molar-refractivity contribution < 1.29 is 10.2 Å². The molecule has 0 fully saturated rings. The molecular formula is C9H21N3O2. The van der Waals surface area contributed by atoms with Crippen LogP contribution in [-0.4, -0.2) is 41.5 Å². The molecule has 0 aromatic rings. The monoisotopic (exact) mass is 203 g/mol. The van der Waals surface area contributed by atoms with Crippen LogP contribution in [0.15, 0.2) is 4.99 Å². The van der Waals surface area contributed by atoms with Crippen LogP contribution in [0.2, 0.25) is 0 Å². The van der Waals surface area contributed by atoms with Crippen LogP contribution < -0.4 is 11.1 Å². The zero-order valence-corrected chi connectivity index (χ0v) is 9.12. The van der Waals surface area contributed by atoms with E-state index in [1.807, 2.05) is 13.8 Å². The van der Waals surface area contributed by atoms with Crippen molar-refractivity contribution in [3.63, 3.8) is 0 Å². The molecule has 0 rings (SSSR count). The molecule has 0 amide bonds. The van der Waals surface area contributed by atoms with E-state index in [0.717, 1.165) is 0 Å². The lowest BCUT2D eigenvalue weighted by Crippen LogP contribution is -2.54. The maximum Gasteiger partial charge on any atom is 0.189 e. The van der Waals surface area contributed by atoms with Crippen molar-refractivity contribution in [3.05, 3.63) is 0 Å². The highest BCUT2D eigenvalue weighted by molar-refractivity contribution is 5.78. The Hall–Kier alpha value is -0.810. The molecule has 0 aromatic heterocycles. The van der Waals surface area contributed by atoms with Crippen molar-refractivity contribution in [2.24, 2.45) is 16.6 Å². The molecule has 0 radical (unpaired) electrons. The summed E-state index contributed by atoms with van der Waals surface area (Å²) in [7, 11) is 0. The fourth-order valence-electron chi connectivity index (χ4n) is 0.759. The molecule has 0 saturated heterocycles. The minimum absolute atomic E-state index is 0.193. The second-order valence-corrected chi connectivity index (χ2v) is 4.12. The predicted octanol–water partition coefficient (Wildman–Crippen LogP) is -0.710. The third-order valence-corrected chi connectivity index (χ3v) is 1.75. The van der Waals surface area contributed by atoms with Crippen LogP contribution >= 0.6 is 0 Å². The van der Waals surface area contributed by atoms with Gasteiger partial charge in [0, 0.05) is 6.54 Å². The Morgan fingerprint density at radius 2 is 1.93 bits per heavy atom. The molecule has 5 nitrogen and oxygen atoms in total. The van der Waals surface area contributed by atoms with Crippen LogP contribution in [0.5, 0.6) is 0 Å². The molecule has 0 aliphatic rings. The van der Waals surface area contributed by atoms with Crippen molar-refractivity contribution in [3.8, 4) is 0 Å². The smallest absolute Gasteiger partial charge is 0.189 e. The van der Waals surface area contributed by atoms with Gasteiger partial charge in [0.1, 0.15) is 0 Å². The second kappa shape index (κ2) is 5.82. The minimum Gasteiger partial charge on any atom is -0.394 e. The van der Waals surface area contributed by atoms with Gasteiger partial charge in [-0.3, -0.25) is 4.99 Å². The Labute approximate surface area is 85.0 Å². The van der Waals surface area contributed by atoms with E-state index in [1.165, 1.54) is 0 Å². The van der Waals surface area contributed by atoms with Gasteiger partial charge in [-0.05, 0) is 12.8 Å². The maximum absolute atomic E-state index is 8.98. The Balaban J connectivity index is 4.15. The van der Waals surface area contributed by atoms with Crippen LogP contribution in [0, 0.1) is 5.92 Å². The number of hydrogen-bond acceptors (Lipinski definition) is 3. The third-order valence-electron chi connectivity index (χ3n) is 1.75. The summed E-state index contributed by atoms with van der Waals surface area (Å²) in [4.78, 5) is 4.07. The second-order valence-electron chi connectivity index (χ2n) is 4.12. The van der Waals surface area contributed by atoms with Crippen molar-refractivity contribution in [2.45, 2.75) is 26.3 Å². The number of aliphatic hydroxyl groups excluding tert-OH is 2. The molecule has 0 unspecified atom stereocenters. The molecule has 84 valence electrons. The Morgan fingerprint density at radius 1 is 1.43 bits per heavy atom. The van der Waals surface area contributed by atoms with Gasteiger partial charge in [0.05, 0.1) is 18.8 Å². The van der Waals surface area contributed by atoms with Gasteiger partial charge >= 0.3 is 0 Å². The van der Waals surface area contributed by atoms with Crippen LogP contribution in [0.3, 0.4) is 0 Å². The fraction of sp³-hybridized carbons (Fsp3) is 0.889. The third kappa shape index (κ3) is 5.04. The lowest BCUT2D eigenvalue weighted by atomic mass is 10.1. The van der Waals surface area contributed by atoms with E-state index >= 15 is 0 Å². The average Bonchev–Trinajstić information content (AvgIpc) is 2.14. The lowest BCUT2D eigenvalue weighted by Gasteiger charge is -2.26. The van der Waals surface area contributed by atoms with Gasteiger partial charge in [-0.1, -0.05) is 13.8 Å². The SMILES string of the molecule is CC(C)CN=C(N)NC(C)(CO)CO. The predicted molar refractivity (Wildman–Crippen MR) is 57.0 cm³/mol. The number of aliphatic hydroxyl groups is 2. The molecule has 0 saturated carbocycles. The van der Waals surface area contributed by atoms with Crippen molar-refractivity contribution >= 4 is 5.96 Å². The average molecular weight is 203 g/mol. The molecule has 0 aromatic carbocycles. The first-order valence-corrected chi connectivity index (χ1v) is 4.73. The highest BCUT2D eigenvalue weighted by Gasteiger charge is 2.22. The molecule has 0 bridgehead atoms. The molecule has 5 N–H and O–H groups in total. The van der Waals surface area contributed by atoms with Crippen LogP contribution in [0.4, 0.5) is 0 Å². The van der Waals surface area contributed by atoms with E-state index in [4.69, 9.17) is 15.9 Å². The van der Waals surface area contributed by atoms with Gasteiger partial charge in [0.2, 0.25) is 0 Å². The van der Waals surface area contributed by atoms with Crippen molar-refractivity contribution in [1.82, 2.24) is 5.32 Å². The molecular weight excluding hydrogens is 182 g/mol. The largest absolute Gasteiger partial charge is 0.394 e. The van der Waals surface area contributed by atoms with Gasteiger partial charge in [-0.25, -0.2) is 0 Å². The van der Waals surface area contributed by atoms with E-state index in [-0.39, 0.29) is 19.2 Å². The Bertz CT molecular complexity index is 188. The fourth-order valence-corrected chi connectivity index (χ4v) is 0.759. The molecule has 5 heteroatoms. The van der Waals surface area contributed by atoms with Crippen molar-refractivity contribution in [1.29, 1.82) is 0 Å². The molecule has 0 heterocycles. The number of aliphatic imine (C=N–C) groups is 1. The van der Waals surface area contributed by atoms with Gasteiger partial charge in [0.25, 0.3) is 0 Å². The van der Waals surface area contributed by atoms with Crippen LogP contribution in [0.25, 0.3) is 0 Å². The number of nitrogens with one attached hydrogen (secondary N) is 1. The van der Waals surface area contributed by atoms with E-state index in [9.17, 15) is 0 Å². The highest BCUT2D eigenvalue weighted by Crippen LogP contribution is 2.00. The molecule has 0 spiro atoms. The molecule has 0 aliphatic carbocycles. The summed E-state index contributed by atoms with van der Waals surface area (Å²) < 4.78 is 0.